The Morgan fingerprint density at radius 2 is 1.90 bits per heavy atom. The molecule has 2 aromatic rings. The molecular formula is C22H24N2O6. The van der Waals surface area contributed by atoms with Crippen molar-refractivity contribution < 1.29 is 28.6 Å². The fourth-order valence-corrected chi connectivity index (χ4v) is 3.15. The molecule has 0 unspecified atom stereocenters. The topological polar surface area (TPSA) is 94.2 Å². The first kappa shape index (κ1) is 21.2. The molecule has 8 nitrogen and oxygen atoms in total. The highest BCUT2D eigenvalue weighted by molar-refractivity contribution is 6.00. The summed E-state index contributed by atoms with van der Waals surface area (Å²) in [6, 6.07) is 13.9. The van der Waals surface area contributed by atoms with Gasteiger partial charge in [0.1, 0.15) is 11.5 Å². The first-order valence-electron chi connectivity index (χ1n) is 9.64. The lowest BCUT2D eigenvalue weighted by Crippen LogP contribution is -2.28. The molecule has 8 heteroatoms. The Bertz CT molecular complexity index is 912. The Kier molecular flexibility index (Phi) is 6.90. The normalized spacial score (nSPS) is 15.6. The number of carbonyl (C=O) groups is 3. The number of anilines is 2. The Labute approximate surface area is 174 Å². The second-order valence-corrected chi connectivity index (χ2v) is 6.72. The molecule has 0 saturated carbocycles. The lowest BCUT2D eigenvalue weighted by Gasteiger charge is -2.17. The summed E-state index contributed by atoms with van der Waals surface area (Å²) in [5.41, 5.74) is 1.22. The number of nitrogens with one attached hydrogen (secondary N) is 1. The van der Waals surface area contributed by atoms with Gasteiger partial charge in [-0.25, -0.2) is 0 Å². The molecule has 2 aromatic carbocycles. The van der Waals surface area contributed by atoms with Gasteiger partial charge in [-0.3, -0.25) is 14.4 Å². The van der Waals surface area contributed by atoms with Crippen LogP contribution in [-0.2, 0) is 19.1 Å². The van der Waals surface area contributed by atoms with Crippen LogP contribution < -0.4 is 19.7 Å². The van der Waals surface area contributed by atoms with Crippen LogP contribution in [0.15, 0.2) is 48.5 Å². The molecule has 3 rings (SSSR count). The molecule has 1 atom stereocenters. The van der Waals surface area contributed by atoms with Crippen LogP contribution in [0.5, 0.6) is 11.5 Å². The van der Waals surface area contributed by atoms with E-state index in [2.05, 4.69) is 5.32 Å². The molecule has 0 radical (unpaired) electrons. The molecule has 0 aromatic heterocycles. The number of carbonyl (C=O) groups excluding carboxylic acids is 3. The summed E-state index contributed by atoms with van der Waals surface area (Å²) in [5, 5.41) is 2.65. The zero-order valence-electron chi connectivity index (χ0n) is 16.9. The number of amides is 2. The van der Waals surface area contributed by atoms with Crippen LogP contribution in [0, 0.1) is 5.92 Å². The van der Waals surface area contributed by atoms with Crippen molar-refractivity contribution in [2.45, 2.75) is 13.3 Å². The van der Waals surface area contributed by atoms with Gasteiger partial charge in [0.15, 0.2) is 6.61 Å². The average Bonchev–Trinajstić information content (AvgIpc) is 3.15. The number of esters is 1. The van der Waals surface area contributed by atoms with Crippen molar-refractivity contribution in [2.24, 2.45) is 5.92 Å². The van der Waals surface area contributed by atoms with E-state index in [1.165, 1.54) is 4.90 Å². The van der Waals surface area contributed by atoms with Crippen LogP contribution in [-0.4, -0.2) is 44.7 Å². The number of ether oxygens (including phenoxy) is 3. The number of hydrogen-bond acceptors (Lipinski definition) is 6. The average molecular weight is 412 g/mol. The first-order valence-corrected chi connectivity index (χ1v) is 9.64. The summed E-state index contributed by atoms with van der Waals surface area (Å²) < 4.78 is 15.6. The Balaban J connectivity index is 1.50. The van der Waals surface area contributed by atoms with Crippen LogP contribution in [0.2, 0.25) is 0 Å². The van der Waals surface area contributed by atoms with Crippen molar-refractivity contribution >= 4 is 29.2 Å². The van der Waals surface area contributed by atoms with Crippen molar-refractivity contribution in [2.75, 3.05) is 37.1 Å². The maximum Gasteiger partial charge on any atom is 0.311 e. The summed E-state index contributed by atoms with van der Waals surface area (Å²) in [6.07, 6.45) is 0.0382. The number of nitrogens with zero attached hydrogens (tertiary/aromatic N) is 1. The predicted molar refractivity (Wildman–Crippen MR) is 111 cm³/mol. The lowest BCUT2D eigenvalue weighted by atomic mass is 10.1. The number of methoxy groups -OCH3 is 1. The Morgan fingerprint density at radius 1 is 1.13 bits per heavy atom. The van der Waals surface area contributed by atoms with E-state index in [4.69, 9.17) is 14.2 Å². The zero-order valence-corrected chi connectivity index (χ0v) is 16.9. The number of hydrogen-bond donors (Lipinski definition) is 1. The summed E-state index contributed by atoms with van der Waals surface area (Å²) in [5.74, 6) is -0.506. The predicted octanol–water partition coefficient (Wildman–Crippen LogP) is 2.63. The van der Waals surface area contributed by atoms with Crippen LogP contribution in [0.3, 0.4) is 0 Å². The third kappa shape index (κ3) is 5.28. The Hall–Kier alpha value is -3.55. The highest BCUT2D eigenvalue weighted by atomic mass is 16.5. The third-order valence-electron chi connectivity index (χ3n) is 4.62. The highest BCUT2D eigenvalue weighted by Gasteiger charge is 2.36. The SMILES string of the molecule is CCOc1ccc(NC(=O)COC(=O)[C@@H]2CC(=O)N(c3cccc(OC)c3)C2)cc1. The summed E-state index contributed by atoms with van der Waals surface area (Å²) >= 11 is 0. The van der Waals surface area contributed by atoms with Crippen LogP contribution >= 0.6 is 0 Å². The minimum Gasteiger partial charge on any atom is -0.497 e. The summed E-state index contributed by atoms with van der Waals surface area (Å²) in [7, 11) is 1.55. The van der Waals surface area contributed by atoms with Gasteiger partial charge in [0.25, 0.3) is 5.91 Å². The molecular weight excluding hydrogens is 388 g/mol. The fraction of sp³-hybridized carbons (Fsp3) is 0.318. The van der Waals surface area contributed by atoms with Crippen LogP contribution in [0.4, 0.5) is 11.4 Å². The minimum absolute atomic E-state index is 0.0382. The maximum absolute atomic E-state index is 12.3. The van der Waals surface area contributed by atoms with Crippen molar-refractivity contribution in [3.63, 3.8) is 0 Å². The van der Waals surface area contributed by atoms with E-state index in [-0.39, 0.29) is 18.9 Å². The van der Waals surface area contributed by atoms with Gasteiger partial charge in [-0.05, 0) is 43.3 Å². The van der Waals surface area contributed by atoms with Crippen LogP contribution in [0.25, 0.3) is 0 Å². The molecule has 0 aliphatic carbocycles. The second-order valence-electron chi connectivity index (χ2n) is 6.72. The molecule has 1 N–H and O–H groups in total. The van der Waals surface area contributed by atoms with Crippen molar-refractivity contribution in [1.82, 2.24) is 0 Å². The minimum atomic E-state index is -0.623. The van der Waals surface area contributed by atoms with Gasteiger partial charge in [0, 0.05) is 30.4 Å². The van der Waals surface area contributed by atoms with Crippen molar-refractivity contribution in [3.05, 3.63) is 48.5 Å². The molecule has 0 bridgehead atoms. The smallest absolute Gasteiger partial charge is 0.311 e. The van der Waals surface area contributed by atoms with E-state index >= 15 is 0 Å². The van der Waals surface area contributed by atoms with E-state index < -0.39 is 24.4 Å². The van der Waals surface area contributed by atoms with Gasteiger partial charge in [0.2, 0.25) is 5.91 Å². The molecule has 1 saturated heterocycles. The monoisotopic (exact) mass is 412 g/mol. The van der Waals surface area contributed by atoms with Gasteiger partial charge in [-0.1, -0.05) is 6.07 Å². The standard InChI is InChI=1S/C22H24N2O6/c1-3-29-18-9-7-16(8-10-18)23-20(25)14-30-22(27)15-11-21(26)24(13-15)17-5-4-6-19(12-17)28-2/h4-10,12,15H,3,11,13-14H2,1-2H3,(H,23,25)/t15-/m1/s1. The second kappa shape index (κ2) is 9.78. The van der Waals surface area contributed by atoms with E-state index in [9.17, 15) is 14.4 Å². The van der Waals surface area contributed by atoms with Crippen LogP contribution in [0.1, 0.15) is 13.3 Å². The molecule has 30 heavy (non-hydrogen) atoms. The van der Waals surface area contributed by atoms with Gasteiger partial charge in [0.05, 0.1) is 19.6 Å². The van der Waals surface area contributed by atoms with Crippen molar-refractivity contribution in [1.29, 1.82) is 0 Å². The van der Waals surface area contributed by atoms with E-state index in [0.717, 1.165) is 0 Å². The molecule has 1 aliphatic heterocycles. The van der Waals surface area contributed by atoms with E-state index in [1.807, 2.05) is 6.92 Å². The molecule has 158 valence electrons. The quantitative estimate of drug-likeness (QED) is 0.670. The van der Waals surface area contributed by atoms with Gasteiger partial charge in [-0.2, -0.15) is 0 Å². The number of rotatable bonds is 8. The summed E-state index contributed by atoms with van der Waals surface area (Å²) in [6.45, 7) is 2.22. The summed E-state index contributed by atoms with van der Waals surface area (Å²) in [4.78, 5) is 38.2. The first-order chi connectivity index (χ1) is 14.5. The zero-order chi connectivity index (χ0) is 21.5. The van der Waals surface area contributed by atoms with Gasteiger partial charge >= 0.3 is 5.97 Å². The lowest BCUT2D eigenvalue weighted by molar-refractivity contribution is -0.151. The fourth-order valence-electron chi connectivity index (χ4n) is 3.15. The molecule has 1 heterocycles. The number of benzene rings is 2. The molecule has 0 spiro atoms. The largest absolute Gasteiger partial charge is 0.497 e. The molecule has 1 fully saturated rings. The molecule has 1 aliphatic rings. The maximum atomic E-state index is 12.3. The Morgan fingerprint density at radius 3 is 2.60 bits per heavy atom. The molecule has 2 amide bonds. The van der Waals surface area contributed by atoms with Gasteiger partial charge in [-0.15, -0.1) is 0 Å². The van der Waals surface area contributed by atoms with Gasteiger partial charge < -0.3 is 24.4 Å². The third-order valence-corrected chi connectivity index (χ3v) is 4.62. The van der Waals surface area contributed by atoms with Crippen molar-refractivity contribution in [3.8, 4) is 11.5 Å². The highest BCUT2D eigenvalue weighted by Crippen LogP contribution is 2.28. The van der Waals surface area contributed by atoms with E-state index in [0.29, 0.717) is 29.5 Å². The van der Waals surface area contributed by atoms with E-state index in [1.54, 1.807) is 55.6 Å².